The average Bonchev–Trinajstić information content (AvgIpc) is 2.90. The van der Waals surface area contributed by atoms with E-state index in [-0.39, 0.29) is 5.25 Å². The molecule has 4 heteroatoms. The van der Waals surface area contributed by atoms with Crippen LogP contribution in [0.25, 0.3) is 0 Å². The highest BCUT2D eigenvalue weighted by Crippen LogP contribution is 2.48. The van der Waals surface area contributed by atoms with Crippen molar-refractivity contribution in [1.82, 2.24) is 0 Å². The molecule has 92 valence electrons. The highest BCUT2D eigenvalue weighted by Gasteiger charge is 2.43. The summed E-state index contributed by atoms with van der Waals surface area (Å²) in [6, 6.07) is 5.36. The summed E-state index contributed by atoms with van der Waals surface area (Å²) in [5.41, 5.74) is 6.48. The van der Waals surface area contributed by atoms with E-state index in [0.717, 1.165) is 12.3 Å². The monoisotopic (exact) mass is 269 g/mol. The third-order valence-corrected chi connectivity index (χ3v) is 6.56. The number of benzene rings is 1. The minimum absolute atomic E-state index is 0.274. The summed E-state index contributed by atoms with van der Waals surface area (Å²) in [5, 5.41) is 0.821. The number of halogens is 1. The van der Waals surface area contributed by atoms with Crippen molar-refractivity contribution in [2.24, 2.45) is 11.8 Å². The van der Waals surface area contributed by atoms with Crippen LogP contribution in [0.4, 0.5) is 5.69 Å². The van der Waals surface area contributed by atoms with Crippen LogP contribution < -0.4 is 5.73 Å². The van der Waals surface area contributed by atoms with E-state index < -0.39 is 10.8 Å². The largest absolute Gasteiger partial charge is 0.398 e. The summed E-state index contributed by atoms with van der Waals surface area (Å²) in [6.45, 7) is 0. The first kappa shape index (κ1) is 11.5. The second-order valence-electron chi connectivity index (χ2n) is 5.17. The van der Waals surface area contributed by atoms with Gasteiger partial charge in [0.25, 0.3) is 0 Å². The van der Waals surface area contributed by atoms with Crippen LogP contribution >= 0.6 is 11.6 Å². The van der Waals surface area contributed by atoms with E-state index in [9.17, 15) is 4.21 Å². The molecule has 2 nitrogen and oxygen atoms in total. The lowest BCUT2D eigenvalue weighted by Gasteiger charge is -2.22. The number of rotatable bonds is 2. The number of nitrogen functional groups attached to an aromatic ring is 1. The minimum Gasteiger partial charge on any atom is -0.398 e. The number of nitrogens with two attached hydrogens (primary N) is 1. The van der Waals surface area contributed by atoms with Gasteiger partial charge in [0.1, 0.15) is 0 Å². The van der Waals surface area contributed by atoms with Crippen molar-refractivity contribution < 1.29 is 4.21 Å². The predicted molar refractivity (Wildman–Crippen MR) is 71.5 cm³/mol. The first-order valence-electron chi connectivity index (χ1n) is 6.11. The zero-order valence-electron chi connectivity index (χ0n) is 9.56. The lowest BCUT2D eigenvalue weighted by molar-refractivity contribution is 0.482. The summed E-state index contributed by atoms with van der Waals surface area (Å²) in [7, 11) is -1.04. The van der Waals surface area contributed by atoms with Gasteiger partial charge in [0.2, 0.25) is 0 Å². The fraction of sp³-hybridized carbons (Fsp3) is 0.538. The number of anilines is 1. The molecule has 0 aliphatic heterocycles. The van der Waals surface area contributed by atoms with Gasteiger partial charge in [-0.25, -0.2) is 0 Å². The maximum atomic E-state index is 12.6. The van der Waals surface area contributed by atoms with Crippen molar-refractivity contribution in [3.05, 3.63) is 23.2 Å². The van der Waals surface area contributed by atoms with Crippen LogP contribution in [0.5, 0.6) is 0 Å². The molecule has 4 atom stereocenters. The highest BCUT2D eigenvalue weighted by molar-refractivity contribution is 7.86. The lowest BCUT2D eigenvalue weighted by atomic mass is 10.0. The summed E-state index contributed by atoms with van der Waals surface area (Å²) in [4.78, 5) is 0.659. The van der Waals surface area contributed by atoms with E-state index in [4.69, 9.17) is 17.3 Å². The maximum Gasteiger partial charge on any atom is 0.0806 e. The highest BCUT2D eigenvalue weighted by atomic mass is 35.5. The van der Waals surface area contributed by atoms with Gasteiger partial charge in [-0.3, -0.25) is 4.21 Å². The van der Waals surface area contributed by atoms with Crippen LogP contribution in [0.3, 0.4) is 0 Å². The van der Waals surface area contributed by atoms with Crippen molar-refractivity contribution in [2.45, 2.75) is 35.8 Å². The molecule has 2 bridgehead atoms. The Morgan fingerprint density at radius 2 is 2.12 bits per heavy atom. The smallest absolute Gasteiger partial charge is 0.0806 e. The van der Waals surface area contributed by atoms with Gasteiger partial charge in [0, 0.05) is 10.9 Å². The SMILES string of the molecule is Nc1cccc(Cl)c1S(=O)C1CC2CCC1C2. The molecule has 1 aromatic carbocycles. The molecule has 1 aromatic rings. The van der Waals surface area contributed by atoms with Gasteiger partial charge in [-0.15, -0.1) is 0 Å². The minimum atomic E-state index is -1.04. The Hall–Kier alpha value is -0.540. The van der Waals surface area contributed by atoms with Crippen LogP contribution in [0.2, 0.25) is 5.02 Å². The Kier molecular flexibility index (Phi) is 2.91. The van der Waals surface area contributed by atoms with Crippen LogP contribution in [-0.2, 0) is 10.8 Å². The summed E-state index contributed by atoms with van der Waals surface area (Å²) in [5.74, 6) is 1.41. The van der Waals surface area contributed by atoms with Gasteiger partial charge in [0.05, 0.1) is 20.7 Å². The zero-order chi connectivity index (χ0) is 12.0. The third-order valence-electron chi connectivity index (χ3n) is 4.15. The van der Waals surface area contributed by atoms with Gasteiger partial charge in [-0.1, -0.05) is 24.1 Å². The molecule has 0 heterocycles. The average molecular weight is 270 g/mol. The summed E-state index contributed by atoms with van der Waals surface area (Å²) < 4.78 is 12.6. The molecular formula is C13H16ClNOS. The summed E-state index contributed by atoms with van der Waals surface area (Å²) in [6.07, 6.45) is 4.88. The second-order valence-corrected chi connectivity index (χ2v) is 7.18. The zero-order valence-corrected chi connectivity index (χ0v) is 11.1. The normalized spacial score (nSPS) is 32.9. The third kappa shape index (κ3) is 1.89. The van der Waals surface area contributed by atoms with Gasteiger partial charge >= 0.3 is 0 Å². The van der Waals surface area contributed by atoms with Crippen LogP contribution in [0, 0.1) is 11.8 Å². The summed E-state index contributed by atoms with van der Waals surface area (Å²) >= 11 is 6.13. The molecule has 3 rings (SSSR count). The van der Waals surface area contributed by atoms with E-state index in [1.165, 1.54) is 19.3 Å². The quantitative estimate of drug-likeness (QED) is 0.838. The molecule has 4 unspecified atom stereocenters. The van der Waals surface area contributed by atoms with Gasteiger partial charge < -0.3 is 5.73 Å². The van der Waals surface area contributed by atoms with Gasteiger partial charge in [-0.05, 0) is 43.2 Å². The molecule has 0 spiro atoms. The molecule has 17 heavy (non-hydrogen) atoms. The Morgan fingerprint density at radius 1 is 1.29 bits per heavy atom. The molecule has 0 amide bonds. The van der Waals surface area contributed by atoms with Crippen molar-refractivity contribution in [3.8, 4) is 0 Å². The molecule has 0 saturated heterocycles. The molecular weight excluding hydrogens is 254 g/mol. The first-order valence-corrected chi connectivity index (χ1v) is 7.70. The number of hydrogen-bond donors (Lipinski definition) is 1. The molecule has 0 aromatic heterocycles. The molecule has 0 radical (unpaired) electrons. The van der Waals surface area contributed by atoms with Crippen molar-refractivity contribution in [2.75, 3.05) is 5.73 Å². The van der Waals surface area contributed by atoms with Crippen molar-refractivity contribution >= 4 is 28.1 Å². The van der Waals surface area contributed by atoms with Crippen LogP contribution in [-0.4, -0.2) is 9.46 Å². The molecule has 2 saturated carbocycles. The van der Waals surface area contributed by atoms with Crippen LogP contribution in [0.1, 0.15) is 25.7 Å². The topological polar surface area (TPSA) is 43.1 Å². The molecule has 2 aliphatic rings. The fourth-order valence-corrected chi connectivity index (χ4v) is 5.65. The van der Waals surface area contributed by atoms with Crippen LogP contribution in [0.15, 0.2) is 23.1 Å². The Labute approximate surface area is 109 Å². The number of hydrogen-bond acceptors (Lipinski definition) is 2. The first-order chi connectivity index (χ1) is 8.16. The van der Waals surface area contributed by atoms with Gasteiger partial charge in [0.15, 0.2) is 0 Å². The standard InChI is InChI=1S/C13H16ClNOS/c14-10-2-1-3-11(15)13(10)17(16)12-7-8-4-5-9(12)6-8/h1-3,8-9,12H,4-7,15H2. The molecule has 2 N–H and O–H groups in total. The van der Waals surface area contributed by atoms with E-state index in [1.54, 1.807) is 18.2 Å². The Balaban J connectivity index is 1.92. The second kappa shape index (κ2) is 4.29. The van der Waals surface area contributed by atoms with Crippen molar-refractivity contribution in [1.29, 1.82) is 0 Å². The van der Waals surface area contributed by atoms with Crippen molar-refractivity contribution in [3.63, 3.8) is 0 Å². The van der Waals surface area contributed by atoms with E-state index in [0.29, 0.717) is 21.5 Å². The van der Waals surface area contributed by atoms with E-state index in [1.807, 2.05) is 0 Å². The predicted octanol–water partition coefficient (Wildman–Crippen LogP) is 3.22. The lowest BCUT2D eigenvalue weighted by Crippen LogP contribution is -2.23. The fourth-order valence-electron chi connectivity index (χ4n) is 3.34. The Bertz CT molecular complexity index is 456. The maximum absolute atomic E-state index is 12.6. The number of fused-ring (bicyclic) bond motifs is 2. The molecule has 2 fully saturated rings. The molecule has 2 aliphatic carbocycles. The van der Waals surface area contributed by atoms with E-state index in [2.05, 4.69) is 0 Å². The van der Waals surface area contributed by atoms with Gasteiger partial charge in [-0.2, -0.15) is 0 Å². The Morgan fingerprint density at radius 3 is 2.71 bits per heavy atom. The van der Waals surface area contributed by atoms with E-state index >= 15 is 0 Å².